The molecule has 0 spiro atoms. The highest BCUT2D eigenvalue weighted by molar-refractivity contribution is 5.30. The molecule has 0 aromatic heterocycles. The van der Waals surface area contributed by atoms with Crippen molar-refractivity contribution in [2.24, 2.45) is 5.73 Å². The molecule has 0 fully saturated rings. The van der Waals surface area contributed by atoms with Crippen molar-refractivity contribution in [1.82, 2.24) is 0 Å². The van der Waals surface area contributed by atoms with Gasteiger partial charge >= 0.3 is 0 Å². The molecule has 1 atom stereocenters. The smallest absolute Gasteiger partial charge is 0.165 e. The Kier molecular flexibility index (Phi) is 7.40. The maximum Gasteiger partial charge on any atom is 0.165 e. The van der Waals surface area contributed by atoms with Crippen molar-refractivity contribution in [2.45, 2.75) is 19.4 Å². The summed E-state index contributed by atoms with van der Waals surface area (Å²) in [4.78, 5) is 0. The van der Waals surface area contributed by atoms with E-state index in [4.69, 9.17) is 19.9 Å². The van der Waals surface area contributed by atoms with Crippen LogP contribution in [0.15, 0.2) is 18.2 Å². The molecule has 19 heavy (non-hydrogen) atoms. The molecule has 0 radical (unpaired) electrons. The van der Waals surface area contributed by atoms with Gasteiger partial charge in [0.1, 0.15) is 6.61 Å². The summed E-state index contributed by atoms with van der Waals surface area (Å²) >= 11 is 0. The van der Waals surface area contributed by atoms with Gasteiger partial charge in [0.25, 0.3) is 0 Å². The second-order valence-corrected chi connectivity index (χ2v) is 4.29. The van der Waals surface area contributed by atoms with Crippen molar-refractivity contribution in [1.29, 1.82) is 0 Å². The Morgan fingerprint density at radius 1 is 1.21 bits per heavy atom. The quantitative estimate of drug-likeness (QED) is 0.700. The van der Waals surface area contributed by atoms with E-state index in [-0.39, 0.29) is 11.8 Å². The number of nitrogens with two attached hydrogens (primary N) is 1. The van der Waals surface area contributed by atoms with Gasteiger partial charge in [0.05, 0.1) is 6.61 Å². The Labute approximate surface area is 113 Å². The van der Waals surface area contributed by atoms with Crippen molar-refractivity contribution in [3.63, 3.8) is 0 Å². The molecule has 1 aromatic carbocycles. The van der Waals surface area contributed by atoms with Crippen LogP contribution < -0.4 is 10.5 Å². The zero-order valence-corrected chi connectivity index (χ0v) is 11.5. The normalized spacial score (nSPS) is 12.4. The highest BCUT2D eigenvalue weighted by Crippen LogP contribution is 2.20. The first-order chi connectivity index (χ1) is 9.15. The van der Waals surface area contributed by atoms with Crippen molar-refractivity contribution in [3.8, 4) is 5.75 Å². The van der Waals surface area contributed by atoms with E-state index in [1.165, 1.54) is 6.07 Å². The van der Waals surface area contributed by atoms with E-state index in [2.05, 4.69) is 0 Å². The molecule has 5 heteroatoms. The van der Waals surface area contributed by atoms with Crippen molar-refractivity contribution >= 4 is 0 Å². The van der Waals surface area contributed by atoms with Gasteiger partial charge in [-0.1, -0.05) is 6.07 Å². The summed E-state index contributed by atoms with van der Waals surface area (Å²) in [5.74, 6) is -0.168. The highest BCUT2D eigenvalue weighted by Gasteiger charge is 2.07. The molecular weight excluding hydrogens is 249 g/mol. The number of hydrogen-bond acceptors (Lipinski definition) is 4. The lowest BCUT2D eigenvalue weighted by molar-refractivity contribution is 0.0797. The molecule has 0 unspecified atom stereocenters. The van der Waals surface area contributed by atoms with Crippen LogP contribution in [0.4, 0.5) is 4.39 Å². The maximum absolute atomic E-state index is 13.6. The lowest BCUT2D eigenvalue weighted by Crippen LogP contribution is -2.10. The van der Waals surface area contributed by atoms with E-state index in [9.17, 15) is 4.39 Å². The maximum atomic E-state index is 13.6. The third-order valence-corrected chi connectivity index (χ3v) is 2.60. The van der Waals surface area contributed by atoms with Gasteiger partial charge in [0.2, 0.25) is 0 Å². The van der Waals surface area contributed by atoms with E-state index < -0.39 is 5.82 Å². The zero-order chi connectivity index (χ0) is 14.1. The molecule has 0 saturated heterocycles. The van der Waals surface area contributed by atoms with E-state index in [1.807, 2.05) is 6.92 Å². The van der Waals surface area contributed by atoms with Crippen LogP contribution in [-0.2, 0) is 9.47 Å². The van der Waals surface area contributed by atoms with Gasteiger partial charge in [0.15, 0.2) is 11.6 Å². The number of rotatable bonds is 9. The standard InChI is InChI=1S/C14H22FNO3/c1-11(16)12-4-5-14(13(15)10-12)19-9-8-18-7-3-6-17-2/h4-5,10-11H,3,6-9,16H2,1-2H3/t11-/m1/s1. The van der Waals surface area contributed by atoms with Crippen LogP contribution in [0, 0.1) is 5.82 Å². The molecule has 0 aliphatic rings. The first kappa shape index (κ1) is 15.9. The Balaban J connectivity index is 2.26. The highest BCUT2D eigenvalue weighted by atomic mass is 19.1. The van der Waals surface area contributed by atoms with Crippen LogP contribution >= 0.6 is 0 Å². The molecular formula is C14H22FNO3. The Hall–Kier alpha value is -1.17. The molecule has 108 valence electrons. The number of hydrogen-bond donors (Lipinski definition) is 1. The summed E-state index contributed by atoms with van der Waals surface area (Å²) in [5, 5.41) is 0. The molecule has 0 bridgehead atoms. The molecule has 1 rings (SSSR count). The molecule has 0 aliphatic heterocycles. The second kappa shape index (κ2) is 8.85. The Morgan fingerprint density at radius 3 is 2.63 bits per heavy atom. The summed E-state index contributed by atoms with van der Waals surface area (Å²) < 4.78 is 29.2. The molecule has 0 saturated carbocycles. The summed E-state index contributed by atoms with van der Waals surface area (Å²) in [6.45, 7) is 3.85. The topological polar surface area (TPSA) is 53.7 Å². The molecule has 0 amide bonds. The monoisotopic (exact) mass is 271 g/mol. The predicted octanol–water partition coefficient (Wildman–Crippen LogP) is 2.28. The second-order valence-electron chi connectivity index (χ2n) is 4.29. The third kappa shape index (κ3) is 6.00. The summed E-state index contributed by atoms with van der Waals surface area (Å²) in [7, 11) is 1.65. The van der Waals surface area contributed by atoms with Gasteiger partial charge in [-0.3, -0.25) is 0 Å². The summed E-state index contributed by atoms with van der Waals surface area (Å²) in [6.07, 6.45) is 0.841. The largest absolute Gasteiger partial charge is 0.488 e. The van der Waals surface area contributed by atoms with Crippen LogP contribution in [0.3, 0.4) is 0 Å². The Morgan fingerprint density at radius 2 is 2.00 bits per heavy atom. The van der Waals surface area contributed by atoms with Crippen molar-refractivity contribution in [3.05, 3.63) is 29.6 Å². The molecule has 1 aromatic rings. The average Bonchev–Trinajstić information content (AvgIpc) is 2.39. The third-order valence-electron chi connectivity index (χ3n) is 2.60. The lowest BCUT2D eigenvalue weighted by Gasteiger charge is -2.10. The minimum atomic E-state index is -0.394. The van der Waals surface area contributed by atoms with Gasteiger partial charge in [-0.2, -0.15) is 0 Å². The number of benzene rings is 1. The molecule has 2 N–H and O–H groups in total. The van der Waals surface area contributed by atoms with Crippen LogP contribution in [0.1, 0.15) is 24.9 Å². The van der Waals surface area contributed by atoms with Gasteiger partial charge in [-0.05, 0) is 31.0 Å². The molecule has 4 nitrogen and oxygen atoms in total. The first-order valence-electron chi connectivity index (χ1n) is 6.39. The van der Waals surface area contributed by atoms with Crippen LogP contribution in [0.25, 0.3) is 0 Å². The minimum absolute atomic E-state index is 0.187. The SMILES string of the molecule is COCCCOCCOc1ccc([C@@H](C)N)cc1F. The van der Waals surface area contributed by atoms with Crippen LogP contribution in [0.5, 0.6) is 5.75 Å². The summed E-state index contributed by atoms with van der Waals surface area (Å²) in [6, 6.07) is 4.58. The van der Waals surface area contributed by atoms with E-state index in [1.54, 1.807) is 19.2 Å². The van der Waals surface area contributed by atoms with E-state index in [0.29, 0.717) is 26.4 Å². The van der Waals surface area contributed by atoms with Crippen LogP contribution in [-0.4, -0.2) is 33.5 Å². The average molecular weight is 271 g/mol. The Bertz CT molecular complexity index is 372. The lowest BCUT2D eigenvalue weighted by atomic mass is 10.1. The van der Waals surface area contributed by atoms with Gasteiger partial charge < -0.3 is 19.9 Å². The molecule has 0 heterocycles. The molecule has 0 aliphatic carbocycles. The fraction of sp³-hybridized carbons (Fsp3) is 0.571. The summed E-state index contributed by atoms with van der Waals surface area (Å²) in [5.41, 5.74) is 6.43. The predicted molar refractivity (Wildman–Crippen MR) is 71.8 cm³/mol. The number of methoxy groups -OCH3 is 1. The van der Waals surface area contributed by atoms with Gasteiger partial charge in [-0.25, -0.2) is 4.39 Å². The number of ether oxygens (including phenoxy) is 3. The van der Waals surface area contributed by atoms with Crippen molar-refractivity contribution in [2.75, 3.05) is 33.5 Å². The minimum Gasteiger partial charge on any atom is -0.488 e. The van der Waals surface area contributed by atoms with Gasteiger partial charge in [0, 0.05) is 26.4 Å². The fourth-order valence-corrected chi connectivity index (χ4v) is 1.54. The van der Waals surface area contributed by atoms with Crippen LogP contribution in [0.2, 0.25) is 0 Å². The fourth-order valence-electron chi connectivity index (χ4n) is 1.54. The number of halogens is 1. The first-order valence-corrected chi connectivity index (χ1v) is 6.39. The zero-order valence-electron chi connectivity index (χ0n) is 11.5. The van der Waals surface area contributed by atoms with Crippen molar-refractivity contribution < 1.29 is 18.6 Å². The van der Waals surface area contributed by atoms with E-state index in [0.717, 1.165) is 12.0 Å². The van der Waals surface area contributed by atoms with Gasteiger partial charge in [-0.15, -0.1) is 0 Å². The van der Waals surface area contributed by atoms with E-state index >= 15 is 0 Å².